The maximum absolute atomic E-state index is 13.5. The van der Waals surface area contributed by atoms with Gasteiger partial charge >= 0.3 is 0 Å². The molecule has 0 unspecified atom stereocenters. The largest absolute Gasteiger partial charge is 0.396 e. The zero-order chi connectivity index (χ0) is 21.2. The van der Waals surface area contributed by atoms with Gasteiger partial charge in [0, 0.05) is 44.6 Å². The molecule has 1 aromatic rings. The molecule has 0 bridgehead atoms. The standard InChI is InChI=1S/C20H29FN4O4/c21-16-7-5-6-15(20(16)22)17(26)14-24-10-12-25(13-11-24)19(28)9-4-2-1-3-8-18(27)23-29/h5-7,29H,1-4,8-14,22H2,(H,23,27). The van der Waals surface area contributed by atoms with Crippen LogP contribution >= 0.6 is 0 Å². The lowest BCUT2D eigenvalue weighted by atomic mass is 10.1. The zero-order valence-corrected chi connectivity index (χ0v) is 16.5. The molecule has 0 spiro atoms. The summed E-state index contributed by atoms with van der Waals surface area (Å²) in [5.41, 5.74) is 7.32. The highest BCUT2D eigenvalue weighted by Gasteiger charge is 2.23. The number of unbranched alkanes of at least 4 members (excludes halogenated alkanes) is 3. The fourth-order valence-electron chi connectivity index (χ4n) is 3.35. The molecule has 1 aromatic carbocycles. The van der Waals surface area contributed by atoms with Crippen molar-refractivity contribution >= 4 is 23.3 Å². The summed E-state index contributed by atoms with van der Waals surface area (Å²) < 4.78 is 13.5. The smallest absolute Gasteiger partial charge is 0.243 e. The Labute approximate surface area is 169 Å². The van der Waals surface area contributed by atoms with Gasteiger partial charge in [-0.2, -0.15) is 0 Å². The van der Waals surface area contributed by atoms with Crippen molar-refractivity contribution in [1.29, 1.82) is 0 Å². The van der Waals surface area contributed by atoms with Gasteiger partial charge in [0.05, 0.1) is 12.2 Å². The number of ketones is 1. The Morgan fingerprint density at radius 3 is 2.34 bits per heavy atom. The molecule has 1 fully saturated rings. The first-order valence-electron chi connectivity index (χ1n) is 9.92. The molecule has 0 radical (unpaired) electrons. The van der Waals surface area contributed by atoms with Gasteiger partial charge in [-0.15, -0.1) is 0 Å². The summed E-state index contributed by atoms with van der Waals surface area (Å²) in [4.78, 5) is 39.3. The van der Waals surface area contributed by atoms with Crippen molar-refractivity contribution in [3.05, 3.63) is 29.6 Å². The summed E-state index contributed by atoms with van der Waals surface area (Å²) in [6.07, 6.45) is 3.88. The highest BCUT2D eigenvalue weighted by molar-refractivity contribution is 6.02. The molecular weight excluding hydrogens is 379 g/mol. The average Bonchev–Trinajstić information content (AvgIpc) is 2.72. The molecule has 1 aliphatic heterocycles. The maximum Gasteiger partial charge on any atom is 0.243 e. The van der Waals surface area contributed by atoms with E-state index in [9.17, 15) is 18.8 Å². The first-order valence-corrected chi connectivity index (χ1v) is 9.92. The molecular formula is C20H29FN4O4. The quantitative estimate of drug-likeness (QED) is 0.178. The van der Waals surface area contributed by atoms with Gasteiger partial charge in [0.25, 0.3) is 0 Å². The highest BCUT2D eigenvalue weighted by Crippen LogP contribution is 2.17. The molecule has 160 valence electrons. The summed E-state index contributed by atoms with van der Waals surface area (Å²) in [5.74, 6) is -1.12. The molecule has 29 heavy (non-hydrogen) atoms. The third-order valence-corrected chi connectivity index (χ3v) is 5.11. The van der Waals surface area contributed by atoms with Crippen LogP contribution in [-0.2, 0) is 9.59 Å². The van der Waals surface area contributed by atoms with Crippen molar-refractivity contribution in [2.45, 2.75) is 38.5 Å². The number of nitrogen functional groups attached to an aromatic ring is 1. The van der Waals surface area contributed by atoms with Crippen LogP contribution in [0.25, 0.3) is 0 Å². The van der Waals surface area contributed by atoms with Crippen molar-refractivity contribution in [2.24, 2.45) is 0 Å². The lowest BCUT2D eigenvalue weighted by Crippen LogP contribution is -2.49. The van der Waals surface area contributed by atoms with E-state index in [4.69, 9.17) is 10.9 Å². The number of nitrogens with one attached hydrogen (secondary N) is 1. The number of nitrogens with zero attached hydrogens (tertiary/aromatic N) is 2. The Morgan fingerprint density at radius 2 is 1.69 bits per heavy atom. The minimum Gasteiger partial charge on any atom is -0.396 e. The molecule has 0 aromatic heterocycles. The Hall–Kier alpha value is -2.52. The van der Waals surface area contributed by atoms with Crippen LogP contribution in [0.15, 0.2) is 18.2 Å². The van der Waals surface area contributed by atoms with Gasteiger partial charge in [-0.1, -0.05) is 18.9 Å². The number of benzene rings is 1. The third-order valence-electron chi connectivity index (χ3n) is 5.11. The minimum absolute atomic E-state index is 0.0958. The van der Waals surface area contributed by atoms with Crippen LogP contribution in [-0.4, -0.2) is 65.3 Å². The van der Waals surface area contributed by atoms with Gasteiger partial charge in [0.2, 0.25) is 11.8 Å². The monoisotopic (exact) mass is 408 g/mol. The SMILES string of the molecule is Nc1c(F)cccc1C(=O)CN1CCN(C(=O)CCCCCCC(=O)NO)CC1. The van der Waals surface area contributed by atoms with Crippen LogP contribution < -0.4 is 11.2 Å². The Morgan fingerprint density at radius 1 is 1.03 bits per heavy atom. The van der Waals surface area contributed by atoms with E-state index in [1.165, 1.54) is 18.2 Å². The molecule has 0 aliphatic carbocycles. The summed E-state index contributed by atoms with van der Waals surface area (Å²) >= 11 is 0. The molecule has 0 saturated carbocycles. The second-order valence-electron chi connectivity index (χ2n) is 7.23. The topological polar surface area (TPSA) is 116 Å². The van der Waals surface area contributed by atoms with Crippen molar-refractivity contribution in [3.8, 4) is 0 Å². The molecule has 1 saturated heterocycles. The van der Waals surface area contributed by atoms with E-state index in [0.29, 0.717) is 39.0 Å². The molecule has 0 atom stereocenters. The van der Waals surface area contributed by atoms with E-state index in [1.807, 2.05) is 4.90 Å². The number of anilines is 1. The van der Waals surface area contributed by atoms with Crippen LogP contribution in [0.1, 0.15) is 48.9 Å². The van der Waals surface area contributed by atoms with E-state index in [-0.39, 0.29) is 35.9 Å². The lowest BCUT2D eigenvalue weighted by molar-refractivity contribution is -0.133. The van der Waals surface area contributed by atoms with Gasteiger partial charge in [-0.25, -0.2) is 9.87 Å². The van der Waals surface area contributed by atoms with Gasteiger partial charge < -0.3 is 10.6 Å². The number of halogens is 1. The number of amides is 2. The van der Waals surface area contributed by atoms with Crippen LogP contribution in [0.5, 0.6) is 0 Å². The number of carbonyl (C=O) groups is 3. The number of hydrogen-bond donors (Lipinski definition) is 3. The lowest BCUT2D eigenvalue weighted by Gasteiger charge is -2.34. The molecule has 9 heteroatoms. The zero-order valence-electron chi connectivity index (χ0n) is 16.5. The van der Waals surface area contributed by atoms with Crippen molar-refractivity contribution in [2.75, 3.05) is 38.5 Å². The number of hydroxylamine groups is 1. The van der Waals surface area contributed by atoms with E-state index in [2.05, 4.69) is 0 Å². The summed E-state index contributed by atoms with van der Waals surface area (Å²) in [6.45, 7) is 2.44. The van der Waals surface area contributed by atoms with E-state index in [1.54, 1.807) is 10.4 Å². The second kappa shape index (κ2) is 11.5. The summed E-state index contributed by atoms with van der Waals surface area (Å²) in [6, 6.07) is 4.22. The van der Waals surface area contributed by atoms with Crippen molar-refractivity contribution in [1.82, 2.24) is 15.3 Å². The highest BCUT2D eigenvalue weighted by atomic mass is 19.1. The average molecular weight is 408 g/mol. The normalized spacial score (nSPS) is 14.6. The Balaban J connectivity index is 1.65. The van der Waals surface area contributed by atoms with E-state index < -0.39 is 11.7 Å². The Bertz CT molecular complexity index is 720. The number of para-hydroxylation sites is 1. The molecule has 1 aliphatic rings. The summed E-state index contributed by atoms with van der Waals surface area (Å²) in [5, 5.41) is 8.41. The van der Waals surface area contributed by atoms with Crippen LogP contribution in [0.4, 0.5) is 10.1 Å². The number of nitrogens with two attached hydrogens (primary N) is 1. The van der Waals surface area contributed by atoms with Crippen LogP contribution in [0, 0.1) is 5.82 Å². The predicted molar refractivity (Wildman–Crippen MR) is 106 cm³/mol. The Kier molecular flexibility index (Phi) is 9.01. The van der Waals surface area contributed by atoms with Crippen molar-refractivity contribution < 1.29 is 24.0 Å². The van der Waals surface area contributed by atoms with Crippen molar-refractivity contribution in [3.63, 3.8) is 0 Å². The van der Waals surface area contributed by atoms with E-state index in [0.717, 1.165) is 19.3 Å². The number of piperazine rings is 1. The first kappa shape index (κ1) is 22.8. The third kappa shape index (κ3) is 7.10. The fourth-order valence-corrected chi connectivity index (χ4v) is 3.35. The molecule has 1 heterocycles. The fraction of sp³-hybridized carbons (Fsp3) is 0.550. The van der Waals surface area contributed by atoms with E-state index >= 15 is 0 Å². The second-order valence-corrected chi connectivity index (χ2v) is 7.23. The predicted octanol–water partition coefficient (Wildman–Crippen LogP) is 1.58. The molecule has 2 rings (SSSR count). The number of rotatable bonds is 10. The minimum atomic E-state index is -0.595. The number of Topliss-reactive ketones (excluding diaryl/α,β-unsaturated/α-hetero) is 1. The van der Waals surface area contributed by atoms with Crippen LogP contribution in [0.3, 0.4) is 0 Å². The van der Waals surface area contributed by atoms with Crippen LogP contribution in [0.2, 0.25) is 0 Å². The van der Waals surface area contributed by atoms with Gasteiger partial charge in [-0.3, -0.25) is 24.5 Å². The molecule has 2 amide bonds. The first-order chi connectivity index (χ1) is 13.9. The van der Waals surface area contributed by atoms with Gasteiger partial charge in [-0.05, 0) is 25.0 Å². The maximum atomic E-state index is 13.5. The van der Waals surface area contributed by atoms with Gasteiger partial charge in [0.1, 0.15) is 5.82 Å². The molecule has 8 nitrogen and oxygen atoms in total. The number of hydrogen-bond acceptors (Lipinski definition) is 6. The summed E-state index contributed by atoms with van der Waals surface area (Å²) in [7, 11) is 0. The van der Waals surface area contributed by atoms with Gasteiger partial charge in [0.15, 0.2) is 5.78 Å². The molecule has 4 N–H and O–H groups in total. The number of carbonyl (C=O) groups excluding carboxylic acids is 3.